The van der Waals surface area contributed by atoms with Crippen molar-refractivity contribution in [3.63, 3.8) is 0 Å². The van der Waals surface area contributed by atoms with Gasteiger partial charge in [-0.25, -0.2) is 0 Å². The molecule has 26 heavy (non-hydrogen) atoms. The molecule has 1 aliphatic rings. The largest absolute Gasteiger partial charge is 0.361 e. The number of benzene rings is 3. The molecule has 0 aliphatic carbocycles. The molecule has 1 atom stereocenters. The van der Waals surface area contributed by atoms with Crippen molar-refractivity contribution in [2.75, 3.05) is 10.2 Å². The Hall–Kier alpha value is -2.78. The fourth-order valence-corrected chi connectivity index (χ4v) is 3.63. The van der Waals surface area contributed by atoms with E-state index in [-0.39, 0.29) is 12.1 Å². The van der Waals surface area contributed by atoms with Crippen molar-refractivity contribution < 1.29 is 4.79 Å². The molecule has 1 amide bonds. The van der Waals surface area contributed by atoms with Crippen LogP contribution >= 0.6 is 11.6 Å². The van der Waals surface area contributed by atoms with Crippen molar-refractivity contribution in [2.24, 2.45) is 0 Å². The number of nitrogens with zero attached hydrogens (tertiary/aromatic N) is 1. The molecule has 3 aromatic rings. The summed E-state index contributed by atoms with van der Waals surface area (Å²) in [5.74, 6) is -0.00772. The second-order valence-corrected chi connectivity index (χ2v) is 6.99. The highest BCUT2D eigenvalue weighted by molar-refractivity contribution is 6.30. The zero-order chi connectivity index (χ0) is 18.3. The molecular weight excluding hydrogens is 344 g/mol. The Morgan fingerprint density at radius 2 is 1.54 bits per heavy atom. The molecule has 4 heteroatoms. The van der Waals surface area contributed by atoms with Gasteiger partial charge in [-0.3, -0.25) is 9.69 Å². The summed E-state index contributed by atoms with van der Waals surface area (Å²) < 4.78 is 0. The number of fused-ring (bicyclic) bond motifs is 1. The van der Waals surface area contributed by atoms with Gasteiger partial charge in [-0.15, -0.1) is 0 Å². The lowest BCUT2D eigenvalue weighted by molar-refractivity contribution is 0.0993. The van der Waals surface area contributed by atoms with Crippen LogP contribution in [0, 0.1) is 13.8 Å². The van der Waals surface area contributed by atoms with Crippen molar-refractivity contribution in [3.8, 4) is 0 Å². The minimum atomic E-state index is -0.264. The lowest BCUT2D eigenvalue weighted by atomic mass is 10.1. The van der Waals surface area contributed by atoms with E-state index < -0.39 is 0 Å². The van der Waals surface area contributed by atoms with E-state index in [1.165, 1.54) is 0 Å². The molecule has 130 valence electrons. The maximum atomic E-state index is 13.1. The van der Waals surface area contributed by atoms with E-state index in [0.717, 1.165) is 33.6 Å². The molecule has 3 nitrogen and oxygen atoms in total. The molecule has 0 spiro atoms. The van der Waals surface area contributed by atoms with Crippen molar-refractivity contribution in [1.29, 1.82) is 0 Å². The Kier molecular flexibility index (Phi) is 4.17. The fourth-order valence-electron chi connectivity index (χ4n) is 3.51. The van der Waals surface area contributed by atoms with E-state index in [4.69, 9.17) is 11.6 Å². The van der Waals surface area contributed by atoms with E-state index in [1.54, 1.807) is 4.90 Å². The van der Waals surface area contributed by atoms with Crippen LogP contribution in [0.4, 0.5) is 11.4 Å². The summed E-state index contributed by atoms with van der Waals surface area (Å²) in [6.45, 7) is 4.15. The summed E-state index contributed by atoms with van der Waals surface area (Å²) in [5.41, 5.74) is 5.89. The SMILES string of the molecule is Cc1cccc(C)c1N[C@H]1c2ccccc2C(=O)N1c1ccc(Cl)cc1. The highest BCUT2D eigenvalue weighted by atomic mass is 35.5. The average molecular weight is 363 g/mol. The third-order valence-electron chi connectivity index (χ3n) is 4.83. The van der Waals surface area contributed by atoms with E-state index in [1.807, 2.05) is 54.6 Å². The second-order valence-electron chi connectivity index (χ2n) is 6.55. The van der Waals surface area contributed by atoms with Crippen LogP contribution in [0.15, 0.2) is 66.7 Å². The molecule has 1 aliphatic heterocycles. The van der Waals surface area contributed by atoms with E-state index in [0.29, 0.717) is 5.02 Å². The van der Waals surface area contributed by atoms with E-state index in [9.17, 15) is 4.79 Å². The number of hydrogen-bond acceptors (Lipinski definition) is 2. The highest BCUT2D eigenvalue weighted by Crippen LogP contribution is 2.39. The zero-order valence-corrected chi connectivity index (χ0v) is 15.4. The monoisotopic (exact) mass is 362 g/mol. The molecule has 0 aromatic heterocycles. The molecular formula is C22H19ClN2O. The van der Waals surface area contributed by atoms with Gasteiger partial charge in [0.25, 0.3) is 5.91 Å². The Labute approximate surface area is 158 Å². The summed E-state index contributed by atoms with van der Waals surface area (Å²) >= 11 is 6.03. The first-order chi connectivity index (χ1) is 12.6. The summed E-state index contributed by atoms with van der Waals surface area (Å²) in [5, 5.41) is 4.25. The molecule has 0 saturated carbocycles. The predicted octanol–water partition coefficient (Wildman–Crippen LogP) is 5.73. The van der Waals surface area contributed by atoms with Crippen LogP contribution in [0.2, 0.25) is 5.02 Å². The third kappa shape index (κ3) is 2.74. The molecule has 0 radical (unpaired) electrons. The van der Waals surface area contributed by atoms with Gasteiger partial charge in [-0.05, 0) is 55.3 Å². The van der Waals surface area contributed by atoms with E-state index >= 15 is 0 Å². The van der Waals surface area contributed by atoms with Gasteiger partial charge in [-0.2, -0.15) is 0 Å². The van der Waals surface area contributed by atoms with Gasteiger partial charge >= 0.3 is 0 Å². The Bertz CT molecular complexity index is 961. The van der Waals surface area contributed by atoms with Gasteiger partial charge in [0.05, 0.1) is 0 Å². The standard InChI is InChI=1S/C22H19ClN2O/c1-14-6-5-7-15(2)20(14)24-21-18-8-3-4-9-19(18)22(26)25(21)17-12-10-16(23)11-13-17/h3-13,21,24H,1-2H3/t21-/m1/s1. The number of carbonyl (C=O) groups is 1. The maximum Gasteiger partial charge on any atom is 0.260 e. The van der Waals surface area contributed by atoms with Gasteiger partial charge in [0.2, 0.25) is 0 Å². The quantitative estimate of drug-likeness (QED) is 0.645. The zero-order valence-electron chi connectivity index (χ0n) is 14.7. The Morgan fingerprint density at radius 1 is 0.885 bits per heavy atom. The molecule has 0 unspecified atom stereocenters. The Balaban J connectivity index is 1.82. The predicted molar refractivity (Wildman–Crippen MR) is 107 cm³/mol. The first-order valence-corrected chi connectivity index (χ1v) is 8.95. The number of hydrogen-bond donors (Lipinski definition) is 1. The van der Waals surface area contributed by atoms with Crippen LogP contribution in [0.1, 0.15) is 33.2 Å². The smallest absolute Gasteiger partial charge is 0.260 e. The minimum Gasteiger partial charge on any atom is -0.361 e. The first-order valence-electron chi connectivity index (χ1n) is 8.57. The molecule has 3 aromatic carbocycles. The van der Waals surface area contributed by atoms with Crippen molar-refractivity contribution >= 4 is 28.9 Å². The van der Waals surface area contributed by atoms with Crippen LogP contribution in [0.5, 0.6) is 0 Å². The van der Waals surface area contributed by atoms with Crippen molar-refractivity contribution in [3.05, 3.63) is 94.0 Å². The summed E-state index contributed by atoms with van der Waals surface area (Å²) in [6, 6.07) is 21.3. The molecule has 0 saturated heterocycles. The topological polar surface area (TPSA) is 32.3 Å². The number of aryl methyl sites for hydroxylation is 2. The Morgan fingerprint density at radius 3 is 2.23 bits per heavy atom. The molecule has 1 N–H and O–H groups in total. The van der Waals surface area contributed by atoms with Crippen LogP contribution in [-0.2, 0) is 0 Å². The number of carbonyl (C=O) groups excluding carboxylic acids is 1. The fraction of sp³-hybridized carbons (Fsp3) is 0.136. The van der Waals surface area contributed by atoms with Gasteiger partial charge < -0.3 is 5.32 Å². The number of halogens is 1. The molecule has 0 fully saturated rings. The number of para-hydroxylation sites is 1. The van der Waals surface area contributed by atoms with Crippen LogP contribution in [0.3, 0.4) is 0 Å². The number of anilines is 2. The third-order valence-corrected chi connectivity index (χ3v) is 5.08. The van der Waals surface area contributed by atoms with Gasteiger partial charge in [0.15, 0.2) is 0 Å². The van der Waals surface area contributed by atoms with Crippen molar-refractivity contribution in [1.82, 2.24) is 0 Å². The van der Waals surface area contributed by atoms with Crippen LogP contribution in [-0.4, -0.2) is 5.91 Å². The van der Waals surface area contributed by atoms with Gasteiger partial charge in [0, 0.05) is 27.5 Å². The minimum absolute atomic E-state index is 0.00772. The molecule has 1 heterocycles. The number of rotatable bonds is 3. The van der Waals surface area contributed by atoms with Crippen LogP contribution in [0.25, 0.3) is 0 Å². The lowest BCUT2D eigenvalue weighted by Crippen LogP contribution is -2.32. The van der Waals surface area contributed by atoms with Crippen LogP contribution < -0.4 is 10.2 Å². The maximum absolute atomic E-state index is 13.1. The van der Waals surface area contributed by atoms with Gasteiger partial charge in [-0.1, -0.05) is 48.0 Å². The number of nitrogens with one attached hydrogen (secondary N) is 1. The summed E-state index contributed by atoms with van der Waals surface area (Å²) in [6.07, 6.45) is -0.264. The molecule has 0 bridgehead atoms. The van der Waals surface area contributed by atoms with Crippen molar-refractivity contribution in [2.45, 2.75) is 20.0 Å². The number of amides is 1. The normalized spacial score (nSPS) is 15.9. The summed E-state index contributed by atoms with van der Waals surface area (Å²) in [7, 11) is 0. The van der Waals surface area contributed by atoms with Gasteiger partial charge in [0.1, 0.15) is 6.17 Å². The molecule has 4 rings (SSSR count). The average Bonchev–Trinajstić information content (AvgIpc) is 2.92. The second kappa shape index (κ2) is 6.50. The summed E-state index contributed by atoms with van der Waals surface area (Å²) in [4.78, 5) is 14.9. The lowest BCUT2D eigenvalue weighted by Gasteiger charge is -2.28. The highest BCUT2D eigenvalue weighted by Gasteiger charge is 2.37. The van der Waals surface area contributed by atoms with E-state index in [2.05, 4.69) is 31.3 Å². The first kappa shape index (κ1) is 16.7.